The molecule has 0 saturated heterocycles. The summed E-state index contributed by atoms with van der Waals surface area (Å²) in [6.45, 7) is 5.56. The van der Waals surface area contributed by atoms with Crippen LogP contribution >= 0.6 is 11.6 Å². The van der Waals surface area contributed by atoms with E-state index < -0.39 is 15.4 Å². The fourth-order valence-electron chi connectivity index (χ4n) is 2.17. The molecule has 0 radical (unpaired) electrons. The van der Waals surface area contributed by atoms with E-state index in [1.165, 1.54) is 19.2 Å². The second-order valence-corrected chi connectivity index (χ2v) is 8.70. The van der Waals surface area contributed by atoms with Gasteiger partial charge in [-0.2, -0.15) is 0 Å². The number of nitrogens with one attached hydrogen (secondary N) is 2. The monoisotopic (exact) mass is 410 g/mol. The number of rotatable bonds is 7. The Morgan fingerprint density at radius 1 is 1.19 bits per heavy atom. The molecule has 0 spiro atoms. The van der Waals surface area contributed by atoms with Crippen LogP contribution in [0.4, 0.5) is 11.4 Å². The maximum absolute atomic E-state index is 12.9. The van der Waals surface area contributed by atoms with E-state index in [9.17, 15) is 13.2 Å². The first-order chi connectivity index (χ1) is 12.6. The molecule has 2 rings (SSSR count). The molecule has 0 aliphatic heterocycles. The number of halogens is 1. The van der Waals surface area contributed by atoms with E-state index in [1.54, 1.807) is 30.3 Å². The van der Waals surface area contributed by atoms with Gasteiger partial charge in [0.25, 0.3) is 10.0 Å². The molecular formula is C19H23ClN2O4S. The van der Waals surface area contributed by atoms with Gasteiger partial charge in [-0.05, 0) is 36.8 Å². The second kappa shape index (κ2) is 8.19. The predicted octanol–water partition coefficient (Wildman–Crippen LogP) is 4.52. The van der Waals surface area contributed by atoms with Crippen LogP contribution in [-0.2, 0) is 14.8 Å². The minimum absolute atomic E-state index is 0.1000. The number of carbonyl (C=O) groups is 1. The SMILES string of the molecule is CCC(C)(C)C(=O)Nc1ccc(OC)c(S(=O)(=O)Nc2ccccc2Cl)c1. The van der Waals surface area contributed by atoms with Gasteiger partial charge in [0.05, 0.1) is 17.8 Å². The third-order valence-electron chi connectivity index (χ3n) is 4.33. The number of ether oxygens (including phenoxy) is 1. The van der Waals surface area contributed by atoms with Crippen LogP contribution in [0.1, 0.15) is 27.2 Å². The summed E-state index contributed by atoms with van der Waals surface area (Å²) < 4.78 is 33.4. The molecule has 0 bridgehead atoms. The number of benzene rings is 2. The van der Waals surface area contributed by atoms with Crippen LogP contribution in [-0.4, -0.2) is 21.4 Å². The van der Waals surface area contributed by atoms with Crippen molar-refractivity contribution >= 4 is 38.9 Å². The standard InChI is InChI=1S/C19H23ClN2O4S/c1-5-19(2,3)18(23)21-13-10-11-16(26-4)17(12-13)27(24,25)22-15-9-7-6-8-14(15)20/h6-12,22H,5H2,1-4H3,(H,21,23). The van der Waals surface area contributed by atoms with Gasteiger partial charge in [-0.1, -0.05) is 44.5 Å². The van der Waals surface area contributed by atoms with Crippen LogP contribution in [0.15, 0.2) is 47.4 Å². The second-order valence-electron chi connectivity index (χ2n) is 6.64. The van der Waals surface area contributed by atoms with Gasteiger partial charge < -0.3 is 10.1 Å². The fourth-order valence-corrected chi connectivity index (χ4v) is 3.68. The molecule has 1 amide bonds. The quantitative estimate of drug-likeness (QED) is 0.702. The van der Waals surface area contributed by atoms with E-state index in [1.807, 2.05) is 20.8 Å². The van der Waals surface area contributed by atoms with Gasteiger partial charge in [-0.3, -0.25) is 9.52 Å². The fraction of sp³-hybridized carbons (Fsp3) is 0.316. The van der Waals surface area contributed by atoms with E-state index in [0.717, 1.165) is 0 Å². The average molecular weight is 411 g/mol. The predicted molar refractivity (Wildman–Crippen MR) is 108 cm³/mol. The highest BCUT2D eigenvalue weighted by Crippen LogP contribution is 2.31. The van der Waals surface area contributed by atoms with Crippen molar-refractivity contribution < 1.29 is 17.9 Å². The largest absolute Gasteiger partial charge is 0.495 e. The molecule has 0 aliphatic carbocycles. The first-order valence-electron chi connectivity index (χ1n) is 8.37. The van der Waals surface area contributed by atoms with Crippen molar-refractivity contribution in [3.8, 4) is 5.75 Å². The number of para-hydroxylation sites is 1. The normalized spacial score (nSPS) is 11.7. The molecule has 146 valence electrons. The van der Waals surface area contributed by atoms with Crippen molar-refractivity contribution in [2.45, 2.75) is 32.1 Å². The average Bonchev–Trinajstić information content (AvgIpc) is 2.63. The zero-order valence-corrected chi connectivity index (χ0v) is 17.2. The summed E-state index contributed by atoms with van der Waals surface area (Å²) in [5, 5.41) is 3.03. The highest BCUT2D eigenvalue weighted by atomic mass is 35.5. The summed E-state index contributed by atoms with van der Waals surface area (Å²) in [6, 6.07) is 11.0. The lowest BCUT2D eigenvalue weighted by Crippen LogP contribution is -2.30. The number of sulfonamides is 1. The molecule has 2 aromatic rings. The molecule has 0 aliphatic rings. The smallest absolute Gasteiger partial charge is 0.265 e. The molecule has 0 atom stereocenters. The van der Waals surface area contributed by atoms with Gasteiger partial charge in [-0.25, -0.2) is 8.42 Å². The van der Waals surface area contributed by atoms with Crippen LogP contribution in [0, 0.1) is 5.41 Å². The van der Waals surface area contributed by atoms with E-state index in [4.69, 9.17) is 16.3 Å². The molecule has 2 aromatic carbocycles. The molecular weight excluding hydrogens is 388 g/mol. The lowest BCUT2D eigenvalue weighted by molar-refractivity contribution is -0.124. The summed E-state index contributed by atoms with van der Waals surface area (Å²) >= 11 is 6.04. The van der Waals surface area contributed by atoms with Gasteiger partial charge >= 0.3 is 0 Å². The molecule has 6 nitrogen and oxygen atoms in total. The van der Waals surface area contributed by atoms with Gasteiger partial charge in [0.2, 0.25) is 5.91 Å². The number of methoxy groups -OCH3 is 1. The third kappa shape index (κ3) is 4.93. The molecule has 8 heteroatoms. The summed E-state index contributed by atoms with van der Waals surface area (Å²) in [5.74, 6) is -0.0418. The van der Waals surface area contributed by atoms with Crippen LogP contribution in [0.2, 0.25) is 5.02 Å². The van der Waals surface area contributed by atoms with Crippen LogP contribution < -0.4 is 14.8 Å². The first kappa shape index (κ1) is 21.1. The Labute approximate surface area is 164 Å². The van der Waals surface area contributed by atoms with Crippen LogP contribution in [0.25, 0.3) is 0 Å². The maximum Gasteiger partial charge on any atom is 0.265 e. The number of carbonyl (C=O) groups excluding carboxylic acids is 1. The number of anilines is 2. The van der Waals surface area contributed by atoms with Gasteiger partial charge in [-0.15, -0.1) is 0 Å². The minimum atomic E-state index is -3.99. The Hall–Kier alpha value is -2.25. The Bertz CT molecular complexity index is 942. The van der Waals surface area contributed by atoms with Crippen molar-refractivity contribution in [1.29, 1.82) is 0 Å². The number of hydrogen-bond acceptors (Lipinski definition) is 4. The molecule has 0 saturated carbocycles. The van der Waals surface area contributed by atoms with Gasteiger partial charge in [0, 0.05) is 11.1 Å². The van der Waals surface area contributed by atoms with Gasteiger partial charge in [0.1, 0.15) is 10.6 Å². The van der Waals surface area contributed by atoms with E-state index >= 15 is 0 Å². The highest BCUT2D eigenvalue weighted by molar-refractivity contribution is 7.92. The van der Waals surface area contributed by atoms with Crippen molar-refractivity contribution in [3.05, 3.63) is 47.5 Å². The Balaban J connectivity index is 2.40. The molecule has 0 unspecified atom stereocenters. The summed E-state index contributed by atoms with van der Waals surface area (Å²) in [7, 11) is -2.61. The summed E-state index contributed by atoms with van der Waals surface area (Å²) in [6.07, 6.45) is 0.647. The zero-order chi connectivity index (χ0) is 20.2. The Morgan fingerprint density at radius 3 is 2.44 bits per heavy atom. The van der Waals surface area contributed by atoms with Crippen LogP contribution in [0.3, 0.4) is 0 Å². The lowest BCUT2D eigenvalue weighted by atomic mass is 9.89. The molecule has 0 aromatic heterocycles. The molecule has 0 heterocycles. The van der Waals surface area contributed by atoms with E-state index in [0.29, 0.717) is 12.1 Å². The number of hydrogen-bond donors (Lipinski definition) is 2. The lowest BCUT2D eigenvalue weighted by Gasteiger charge is -2.22. The van der Waals surface area contributed by atoms with Crippen molar-refractivity contribution in [1.82, 2.24) is 0 Å². The van der Waals surface area contributed by atoms with Crippen molar-refractivity contribution in [2.75, 3.05) is 17.1 Å². The summed E-state index contributed by atoms with van der Waals surface area (Å²) in [5.41, 5.74) is 0.0408. The number of amides is 1. The molecule has 2 N–H and O–H groups in total. The first-order valence-corrected chi connectivity index (χ1v) is 10.2. The topological polar surface area (TPSA) is 84.5 Å². The summed E-state index contributed by atoms with van der Waals surface area (Å²) in [4.78, 5) is 12.3. The van der Waals surface area contributed by atoms with E-state index in [2.05, 4.69) is 10.0 Å². The van der Waals surface area contributed by atoms with Crippen LogP contribution in [0.5, 0.6) is 5.75 Å². The highest BCUT2D eigenvalue weighted by Gasteiger charge is 2.26. The minimum Gasteiger partial charge on any atom is -0.495 e. The molecule has 27 heavy (non-hydrogen) atoms. The Kier molecular flexibility index (Phi) is 6.38. The van der Waals surface area contributed by atoms with E-state index in [-0.39, 0.29) is 27.3 Å². The zero-order valence-electron chi connectivity index (χ0n) is 15.7. The van der Waals surface area contributed by atoms with Crippen molar-refractivity contribution in [3.63, 3.8) is 0 Å². The molecule has 0 fully saturated rings. The Morgan fingerprint density at radius 2 is 1.85 bits per heavy atom. The van der Waals surface area contributed by atoms with Gasteiger partial charge in [0.15, 0.2) is 0 Å². The maximum atomic E-state index is 12.9. The van der Waals surface area contributed by atoms with Crippen molar-refractivity contribution in [2.24, 2.45) is 5.41 Å². The third-order valence-corrected chi connectivity index (χ3v) is 6.04.